The van der Waals surface area contributed by atoms with Crippen LogP contribution in [0.5, 0.6) is 5.75 Å². The Morgan fingerprint density at radius 2 is 1.86 bits per heavy atom. The zero-order valence-corrected chi connectivity index (χ0v) is 17.5. The Morgan fingerprint density at radius 3 is 2.69 bits per heavy atom. The number of halogens is 1. The molecule has 3 aromatic carbocycles. The average molecular weight is 450 g/mol. The van der Waals surface area contributed by atoms with Gasteiger partial charge < -0.3 is 14.6 Å². The number of carbonyl (C=O) groups excluding carboxylic acids is 1. The minimum Gasteiger partial charge on any atom is -0.485 e. The molecule has 0 aliphatic heterocycles. The molecule has 0 aliphatic rings. The maximum Gasteiger partial charge on any atom is 0.244 e. The van der Waals surface area contributed by atoms with Crippen molar-refractivity contribution in [3.8, 4) is 5.75 Å². The van der Waals surface area contributed by atoms with Crippen LogP contribution in [0, 0.1) is 6.92 Å². The standard InChI is InChI=1S/C23H20BrN3O2/c1-16-7-2-5-12-21(16)29-15-22-26-19-10-3-4-11-20(19)27(22)14-23(28)25-18-9-6-8-17(24)13-18/h2-13H,14-15H2,1H3,(H,25,28). The Balaban J connectivity index is 1.58. The van der Waals surface area contributed by atoms with Crippen molar-refractivity contribution in [2.45, 2.75) is 20.1 Å². The highest BCUT2D eigenvalue weighted by Crippen LogP contribution is 2.21. The Hall–Kier alpha value is -3.12. The van der Waals surface area contributed by atoms with Crippen molar-refractivity contribution in [2.24, 2.45) is 0 Å². The fourth-order valence-electron chi connectivity index (χ4n) is 3.18. The number of nitrogens with one attached hydrogen (secondary N) is 1. The number of rotatable bonds is 6. The van der Waals surface area contributed by atoms with E-state index in [1.165, 1.54) is 0 Å². The number of aromatic nitrogens is 2. The van der Waals surface area contributed by atoms with Gasteiger partial charge in [-0.1, -0.05) is 52.3 Å². The van der Waals surface area contributed by atoms with Gasteiger partial charge in [0.25, 0.3) is 0 Å². The number of hydrogen-bond donors (Lipinski definition) is 1. The Labute approximate surface area is 177 Å². The number of hydrogen-bond acceptors (Lipinski definition) is 3. The predicted octanol–water partition coefficient (Wildman–Crippen LogP) is 5.32. The maximum absolute atomic E-state index is 12.7. The number of ether oxygens (including phenoxy) is 1. The summed E-state index contributed by atoms with van der Waals surface area (Å²) in [5, 5.41) is 2.94. The number of aryl methyl sites for hydroxylation is 1. The fourth-order valence-corrected chi connectivity index (χ4v) is 3.58. The topological polar surface area (TPSA) is 56.2 Å². The molecule has 146 valence electrons. The van der Waals surface area contributed by atoms with E-state index >= 15 is 0 Å². The molecule has 5 nitrogen and oxygen atoms in total. The van der Waals surface area contributed by atoms with Crippen LogP contribution in [-0.4, -0.2) is 15.5 Å². The largest absolute Gasteiger partial charge is 0.485 e. The number of para-hydroxylation sites is 3. The molecule has 6 heteroatoms. The van der Waals surface area contributed by atoms with Crippen LogP contribution in [0.3, 0.4) is 0 Å². The van der Waals surface area contributed by atoms with Crippen molar-refractivity contribution >= 4 is 38.6 Å². The van der Waals surface area contributed by atoms with Crippen LogP contribution >= 0.6 is 15.9 Å². The lowest BCUT2D eigenvalue weighted by molar-refractivity contribution is -0.116. The van der Waals surface area contributed by atoms with Gasteiger partial charge in [0.15, 0.2) is 0 Å². The Kier molecular flexibility index (Phi) is 5.62. The van der Waals surface area contributed by atoms with Crippen LogP contribution in [0.1, 0.15) is 11.4 Å². The lowest BCUT2D eigenvalue weighted by atomic mass is 10.2. The van der Waals surface area contributed by atoms with Gasteiger partial charge >= 0.3 is 0 Å². The first-order chi connectivity index (χ1) is 14.1. The number of amides is 1. The van der Waals surface area contributed by atoms with E-state index in [1.54, 1.807) is 0 Å². The second-order valence-corrected chi connectivity index (χ2v) is 7.63. The SMILES string of the molecule is Cc1ccccc1OCc1nc2ccccc2n1CC(=O)Nc1cccc(Br)c1. The van der Waals surface area contributed by atoms with Gasteiger partial charge in [0.2, 0.25) is 5.91 Å². The van der Waals surface area contributed by atoms with E-state index in [0.717, 1.165) is 32.5 Å². The molecule has 0 bridgehead atoms. The van der Waals surface area contributed by atoms with Gasteiger partial charge in [0.1, 0.15) is 24.7 Å². The molecule has 0 unspecified atom stereocenters. The monoisotopic (exact) mass is 449 g/mol. The maximum atomic E-state index is 12.7. The molecule has 29 heavy (non-hydrogen) atoms. The quantitative estimate of drug-likeness (QED) is 0.432. The molecule has 0 saturated carbocycles. The first-order valence-electron chi connectivity index (χ1n) is 9.28. The zero-order chi connectivity index (χ0) is 20.2. The van der Waals surface area contributed by atoms with E-state index in [4.69, 9.17) is 4.74 Å². The van der Waals surface area contributed by atoms with Crippen molar-refractivity contribution in [3.05, 3.63) is 88.7 Å². The van der Waals surface area contributed by atoms with Crippen molar-refractivity contribution < 1.29 is 9.53 Å². The van der Waals surface area contributed by atoms with Crippen LogP contribution in [0.2, 0.25) is 0 Å². The molecule has 0 saturated heterocycles. The van der Waals surface area contributed by atoms with Gasteiger partial charge in [-0.2, -0.15) is 0 Å². The number of imidazole rings is 1. The second-order valence-electron chi connectivity index (χ2n) is 6.72. The first-order valence-corrected chi connectivity index (χ1v) is 10.1. The number of benzene rings is 3. The normalized spacial score (nSPS) is 10.8. The van der Waals surface area contributed by atoms with Crippen LogP contribution in [0.15, 0.2) is 77.3 Å². The van der Waals surface area contributed by atoms with Gasteiger partial charge in [-0.25, -0.2) is 4.98 Å². The van der Waals surface area contributed by atoms with Crippen LogP contribution < -0.4 is 10.1 Å². The minimum atomic E-state index is -0.122. The Morgan fingerprint density at radius 1 is 1.07 bits per heavy atom. The van der Waals surface area contributed by atoms with Crippen molar-refractivity contribution in [2.75, 3.05) is 5.32 Å². The average Bonchev–Trinajstić information content (AvgIpc) is 3.05. The van der Waals surface area contributed by atoms with Gasteiger partial charge in [-0.15, -0.1) is 0 Å². The van der Waals surface area contributed by atoms with Crippen molar-refractivity contribution in [1.29, 1.82) is 0 Å². The van der Waals surface area contributed by atoms with Gasteiger partial charge in [-0.05, 0) is 48.9 Å². The summed E-state index contributed by atoms with van der Waals surface area (Å²) >= 11 is 3.42. The molecule has 4 aromatic rings. The highest BCUT2D eigenvalue weighted by Gasteiger charge is 2.15. The molecule has 1 heterocycles. The van der Waals surface area contributed by atoms with E-state index in [9.17, 15) is 4.79 Å². The highest BCUT2D eigenvalue weighted by molar-refractivity contribution is 9.10. The number of nitrogens with zero attached hydrogens (tertiary/aromatic N) is 2. The first kappa shape index (κ1) is 19.2. The molecule has 0 spiro atoms. The third-order valence-electron chi connectivity index (χ3n) is 4.59. The number of fused-ring (bicyclic) bond motifs is 1. The van der Waals surface area contributed by atoms with Crippen molar-refractivity contribution in [3.63, 3.8) is 0 Å². The van der Waals surface area contributed by atoms with Gasteiger partial charge in [0.05, 0.1) is 11.0 Å². The smallest absolute Gasteiger partial charge is 0.244 e. The van der Waals surface area contributed by atoms with Crippen LogP contribution in [0.25, 0.3) is 11.0 Å². The zero-order valence-electron chi connectivity index (χ0n) is 15.9. The predicted molar refractivity (Wildman–Crippen MR) is 118 cm³/mol. The summed E-state index contributed by atoms with van der Waals surface area (Å²) in [6, 6.07) is 23.2. The molecule has 0 atom stereocenters. The summed E-state index contributed by atoms with van der Waals surface area (Å²) in [5.41, 5.74) is 3.54. The van der Waals surface area contributed by atoms with Crippen molar-refractivity contribution in [1.82, 2.24) is 9.55 Å². The van der Waals surface area contributed by atoms with E-state index < -0.39 is 0 Å². The summed E-state index contributed by atoms with van der Waals surface area (Å²) in [4.78, 5) is 17.4. The molecule has 1 N–H and O–H groups in total. The molecule has 0 fully saturated rings. The summed E-state index contributed by atoms with van der Waals surface area (Å²) < 4.78 is 8.80. The highest BCUT2D eigenvalue weighted by atomic mass is 79.9. The lowest BCUT2D eigenvalue weighted by Crippen LogP contribution is -2.20. The molecular formula is C23H20BrN3O2. The van der Waals surface area contributed by atoms with E-state index in [0.29, 0.717) is 5.82 Å². The Bertz CT molecular complexity index is 1170. The minimum absolute atomic E-state index is 0.122. The third-order valence-corrected chi connectivity index (χ3v) is 5.09. The van der Waals surface area contributed by atoms with Crippen LogP contribution in [0.4, 0.5) is 5.69 Å². The summed E-state index contributed by atoms with van der Waals surface area (Å²) in [6.07, 6.45) is 0. The molecular weight excluding hydrogens is 430 g/mol. The van der Waals surface area contributed by atoms with Gasteiger partial charge in [0, 0.05) is 10.2 Å². The summed E-state index contributed by atoms with van der Waals surface area (Å²) in [7, 11) is 0. The fraction of sp³-hybridized carbons (Fsp3) is 0.130. The third kappa shape index (κ3) is 4.49. The number of anilines is 1. The summed E-state index contributed by atoms with van der Waals surface area (Å²) in [5.74, 6) is 1.40. The van der Waals surface area contributed by atoms with E-state index in [2.05, 4.69) is 26.2 Å². The lowest BCUT2D eigenvalue weighted by Gasteiger charge is -2.12. The van der Waals surface area contributed by atoms with E-state index in [1.807, 2.05) is 84.3 Å². The van der Waals surface area contributed by atoms with E-state index in [-0.39, 0.29) is 19.1 Å². The molecule has 4 rings (SSSR count). The molecule has 1 amide bonds. The molecule has 0 radical (unpaired) electrons. The second kappa shape index (κ2) is 8.49. The molecule has 1 aromatic heterocycles. The summed E-state index contributed by atoms with van der Waals surface area (Å²) in [6.45, 7) is 2.44. The number of carbonyl (C=O) groups is 1. The van der Waals surface area contributed by atoms with Crippen LogP contribution in [-0.2, 0) is 17.9 Å². The van der Waals surface area contributed by atoms with Gasteiger partial charge in [-0.3, -0.25) is 4.79 Å². The molecule has 0 aliphatic carbocycles.